The van der Waals surface area contributed by atoms with Crippen LogP contribution in [0.15, 0.2) is 40.9 Å². The van der Waals surface area contributed by atoms with Gasteiger partial charge in [-0.15, -0.1) is 0 Å². The smallest absolute Gasteiger partial charge is 0.162 e. The first-order chi connectivity index (χ1) is 8.97. The van der Waals surface area contributed by atoms with Gasteiger partial charge in [0.15, 0.2) is 11.6 Å². The van der Waals surface area contributed by atoms with Gasteiger partial charge >= 0.3 is 0 Å². The molecule has 0 bridgehead atoms. The molecule has 1 atom stereocenters. The summed E-state index contributed by atoms with van der Waals surface area (Å²) in [5.74, 6) is -1.11. The largest absolute Gasteiger partial charge is 0.456 e. The number of ether oxygens (including phenoxy) is 1. The van der Waals surface area contributed by atoms with E-state index < -0.39 is 11.6 Å². The number of rotatable bonds is 3. The highest BCUT2D eigenvalue weighted by atomic mass is 79.9. The van der Waals surface area contributed by atoms with E-state index in [-0.39, 0.29) is 11.8 Å². The summed E-state index contributed by atoms with van der Waals surface area (Å²) in [7, 11) is 0. The molecule has 0 amide bonds. The summed E-state index contributed by atoms with van der Waals surface area (Å²) in [6.07, 6.45) is 0. The molecule has 100 valence electrons. The number of nitrogens with two attached hydrogens (primary N) is 1. The molecule has 2 aromatic carbocycles. The van der Waals surface area contributed by atoms with Crippen molar-refractivity contribution in [3.8, 4) is 11.5 Å². The summed E-state index contributed by atoms with van der Waals surface area (Å²) in [5.41, 5.74) is 6.72. The number of benzene rings is 2. The summed E-state index contributed by atoms with van der Waals surface area (Å²) >= 11 is 3.36. The molecular weight excluding hydrogens is 316 g/mol. The van der Waals surface area contributed by atoms with Crippen molar-refractivity contribution in [2.75, 3.05) is 0 Å². The Morgan fingerprint density at radius 1 is 1.11 bits per heavy atom. The molecule has 0 saturated heterocycles. The molecule has 2 N–H and O–H groups in total. The van der Waals surface area contributed by atoms with Crippen LogP contribution in [0.25, 0.3) is 0 Å². The molecule has 0 aliphatic rings. The molecule has 0 radical (unpaired) electrons. The summed E-state index contributed by atoms with van der Waals surface area (Å²) < 4.78 is 32.1. The topological polar surface area (TPSA) is 35.2 Å². The van der Waals surface area contributed by atoms with E-state index in [1.54, 1.807) is 6.07 Å². The highest BCUT2D eigenvalue weighted by molar-refractivity contribution is 9.10. The normalized spacial score (nSPS) is 12.3. The summed E-state index contributed by atoms with van der Waals surface area (Å²) in [4.78, 5) is 0. The molecule has 0 aliphatic heterocycles. The van der Waals surface area contributed by atoms with Crippen LogP contribution >= 0.6 is 15.9 Å². The Kier molecular flexibility index (Phi) is 4.17. The molecule has 2 aromatic rings. The van der Waals surface area contributed by atoms with Crippen LogP contribution in [-0.4, -0.2) is 0 Å². The fourth-order valence-electron chi connectivity index (χ4n) is 1.55. The van der Waals surface area contributed by atoms with Gasteiger partial charge in [0.1, 0.15) is 11.5 Å². The van der Waals surface area contributed by atoms with E-state index >= 15 is 0 Å². The van der Waals surface area contributed by atoms with Crippen molar-refractivity contribution in [1.29, 1.82) is 0 Å². The predicted molar refractivity (Wildman–Crippen MR) is 73.2 cm³/mol. The maximum absolute atomic E-state index is 13.1. The Bertz CT molecular complexity index is 602. The van der Waals surface area contributed by atoms with E-state index in [0.717, 1.165) is 17.7 Å². The molecule has 0 saturated carbocycles. The zero-order valence-electron chi connectivity index (χ0n) is 10.2. The van der Waals surface area contributed by atoms with Crippen LogP contribution < -0.4 is 10.5 Å². The van der Waals surface area contributed by atoms with E-state index in [9.17, 15) is 8.78 Å². The van der Waals surface area contributed by atoms with Gasteiger partial charge in [-0.25, -0.2) is 8.78 Å². The minimum Gasteiger partial charge on any atom is -0.456 e. The Hall–Kier alpha value is -1.46. The molecule has 0 fully saturated rings. The lowest BCUT2D eigenvalue weighted by Gasteiger charge is -2.11. The Balaban J connectivity index is 2.25. The third-order valence-corrected chi connectivity index (χ3v) is 3.22. The van der Waals surface area contributed by atoms with Gasteiger partial charge in [-0.05, 0) is 52.7 Å². The minimum absolute atomic E-state index is 0.0892. The first kappa shape index (κ1) is 14.0. The van der Waals surface area contributed by atoms with Gasteiger partial charge in [0.2, 0.25) is 0 Å². The van der Waals surface area contributed by atoms with Crippen molar-refractivity contribution in [2.45, 2.75) is 13.0 Å². The molecule has 19 heavy (non-hydrogen) atoms. The molecular formula is C14H12BrF2NO. The predicted octanol–water partition coefficient (Wildman–Crippen LogP) is 4.54. The summed E-state index contributed by atoms with van der Waals surface area (Å²) in [5, 5.41) is 0. The lowest BCUT2D eigenvalue weighted by Crippen LogP contribution is -2.04. The van der Waals surface area contributed by atoms with Crippen molar-refractivity contribution in [1.82, 2.24) is 0 Å². The van der Waals surface area contributed by atoms with Crippen molar-refractivity contribution < 1.29 is 13.5 Å². The molecule has 0 unspecified atom stereocenters. The van der Waals surface area contributed by atoms with Crippen molar-refractivity contribution in [3.05, 3.63) is 58.1 Å². The highest BCUT2D eigenvalue weighted by Gasteiger charge is 2.08. The summed E-state index contributed by atoms with van der Waals surface area (Å²) in [6, 6.07) is 8.68. The Morgan fingerprint density at radius 2 is 1.84 bits per heavy atom. The molecule has 2 nitrogen and oxygen atoms in total. The molecule has 2 rings (SSSR count). The fraction of sp³-hybridized carbons (Fsp3) is 0.143. The van der Waals surface area contributed by atoms with Crippen LogP contribution in [0, 0.1) is 11.6 Å². The van der Waals surface area contributed by atoms with Crippen LogP contribution in [0.3, 0.4) is 0 Å². The van der Waals surface area contributed by atoms with Gasteiger partial charge in [0.25, 0.3) is 0 Å². The molecule has 0 heterocycles. The van der Waals surface area contributed by atoms with Crippen molar-refractivity contribution in [3.63, 3.8) is 0 Å². The monoisotopic (exact) mass is 327 g/mol. The van der Waals surface area contributed by atoms with Gasteiger partial charge in [-0.2, -0.15) is 0 Å². The third-order valence-electron chi connectivity index (χ3n) is 2.60. The Labute approximate surface area is 118 Å². The van der Waals surface area contributed by atoms with E-state index in [1.807, 2.05) is 19.1 Å². The number of hydrogen-bond donors (Lipinski definition) is 1. The molecule has 5 heteroatoms. The zero-order valence-corrected chi connectivity index (χ0v) is 11.7. The average Bonchev–Trinajstić information content (AvgIpc) is 2.36. The fourth-order valence-corrected chi connectivity index (χ4v) is 2.03. The van der Waals surface area contributed by atoms with E-state index in [0.29, 0.717) is 10.2 Å². The average molecular weight is 328 g/mol. The third kappa shape index (κ3) is 3.30. The van der Waals surface area contributed by atoms with Gasteiger partial charge < -0.3 is 10.5 Å². The summed E-state index contributed by atoms with van der Waals surface area (Å²) in [6.45, 7) is 1.87. The van der Waals surface area contributed by atoms with Crippen molar-refractivity contribution in [2.24, 2.45) is 5.73 Å². The maximum atomic E-state index is 13.1. The standard InChI is InChI=1S/C14H12BrF2NO/c1-8(18)9-2-5-14(11(15)6-9)19-10-3-4-12(16)13(17)7-10/h2-8H,18H2,1H3/t8-/m0/s1. The second-order valence-corrected chi connectivity index (χ2v) is 5.01. The maximum Gasteiger partial charge on any atom is 0.162 e. The first-order valence-corrected chi connectivity index (χ1v) is 6.44. The van der Waals surface area contributed by atoms with E-state index in [1.165, 1.54) is 6.07 Å². The van der Waals surface area contributed by atoms with E-state index in [2.05, 4.69) is 15.9 Å². The quantitative estimate of drug-likeness (QED) is 0.898. The van der Waals surface area contributed by atoms with Crippen LogP contribution in [0.4, 0.5) is 8.78 Å². The SMILES string of the molecule is C[C@H](N)c1ccc(Oc2ccc(F)c(F)c2)c(Br)c1. The second-order valence-electron chi connectivity index (χ2n) is 4.16. The molecule has 0 aliphatic carbocycles. The minimum atomic E-state index is -0.944. The van der Waals surface area contributed by atoms with Gasteiger partial charge in [0.05, 0.1) is 4.47 Å². The lowest BCUT2D eigenvalue weighted by molar-refractivity contribution is 0.459. The van der Waals surface area contributed by atoms with E-state index in [4.69, 9.17) is 10.5 Å². The van der Waals surface area contributed by atoms with Crippen LogP contribution in [-0.2, 0) is 0 Å². The highest BCUT2D eigenvalue weighted by Crippen LogP contribution is 2.32. The van der Waals surface area contributed by atoms with Gasteiger partial charge in [-0.1, -0.05) is 6.07 Å². The molecule has 0 spiro atoms. The van der Waals surface area contributed by atoms with Crippen LogP contribution in [0.1, 0.15) is 18.5 Å². The lowest BCUT2D eigenvalue weighted by atomic mass is 10.1. The zero-order chi connectivity index (χ0) is 14.0. The van der Waals surface area contributed by atoms with Gasteiger partial charge in [-0.3, -0.25) is 0 Å². The second kappa shape index (κ2) is 5.67. The van der Waals surface area contributed by atoms with Crippen LogP contribution in [0.2, 0.25) is 0 Å². The number of halogens is 3. The first-order valence-electron chi connectivity index (χ1n) is 5.65. The van der Waals surface area contributed by atoms with Gasteiger partial charge in [0, 0.05) is 12.1 Å². The molecule has 0 aromatic heterocycles. The Morgan fingerprint density at radius 3 is 2.42 bits per heavy atom. The van der Waals surface area contributed by atoms with Crippen LogP contribution in [0.5, 0.6) is 11.5 Å². The number of hydrogen-bond acceptors (Lipinski definition) is 2. The van der Waals surface area contributed by atoms with Crippen molar-refractivity contribution >= 4 is 15.9 Å².